The molecule has 2 atom stereocenters. The smallest absolute Gasteiger partial charge is 0.247 e. The summed E-state index contributed by atoms with van der Waals surface area (Å²) in [5.41, 5.74) is 6.22. The monoisotopic (exact) mass is 394 g/mol. The molecule has 8 heteroatoms. The van der Waals surface area contributed by atoms with Gasteiger partial charge in [-0.25, -0.2) is 8.42 Å². The van der Waals surface area contributed by atoms with E-state index in [-0.39, 0.29) is 16.2 Å². The predicted octanol–water partition coefficient (Wildman–Crippen LogP) is 2.55. The lowest BCUT2D eigenvalue weighted by Crippen LogP contribution is -2.47. The SMILES string of the molecule is COc1cc(Br)c(N)cc1S(=O)(=O)N1CCSC(C)C1C. The molecule has 0 radical (unpaired) electrons. The zero-order chi connectivity index (χ0) is 15.8. The molecule has 0 aliphatic carbocycles. The number of nitrogens with zero attached hydrogens (tertiary/aromatic N) is 1. The average molecular weight is 395 g/mol. The van der Waals surface area contributed by atoms with Crippen molar-refractivity contribution in [2.75, 3.05) is 25.1 Å². The van der Waals surface area contributed by atoms with E-state index in [1.165, 1.54) is 13.2 Å². The number of benzene rings is 1. The highest BCUT2D eigenvalue weighted by atomic mass is 79.9. The zero-order valence-corrected chi connectivity index (χ0v) is 15.4. The first kappa shape index (κ1) is 16.9. The summed E-state index contributed by atoms with van der Waals surface area (Å²) in [4.78, 5) is 0.122. The van der Waals surface area contributed by atoms with E-state index < -0.39 is 10.0 Å². The van der Waals surface area contributed by atoms with Crippen molar-refractivity contribution in [1.29, 1.82) is 0 Å². The normalized spacial score (nSPS) is 24.0. The Bertz CT molecular complexity index is 637. The number of rotatable bonds is 3. The third-order valence-electron chi connectivity index (χ3n) is 3.70. The van der Waals surface area contributed by atoms with E-state index in [0.29, 0.717) is 22.5 Å². The maximum absolute atomic E-state index is 13.0. The van der Waals surface area contributed by atoms with Crippen molar-refractivity contribution in [1.82, 2.24) is 4.31 Å². The fraction of sp³-hybridized carbons (Fsp3) is 0.538. The molecule has 0 spiro atoms. The van der Waals surface area contributed by atoms with Crippen LogP contribution in [0.25, 0.3) is 0 Å². The van der Waals surface area contributed by atoms with Crippen LogP contribution in [0.3, 0.4) is 0 Å². The molecule has 21 heavy (non-hydrogen) atoms. The summed E-state index contributed by atoms with van der Waals surface area (Å²) in [6, 6.07) is 2.98. The minimum absolute atomic E-state index is 0.0664. The van der Waals surface area contributed by atoms with Crippen molar-refractivity contribution < 1.29 is 13.2 Å². The first-order valence-corrected chi connectivity index (χ1v) is 9.83. The van der Waals surface area contributed by atoms with E-state index in [1.807, 2.05) is 13.8 Å². The Hall–Kier alpha value is -0.440. The summed E-state index contributed by atoms with van der Waals surface area (Å²) < 4.78 is 33.3. The topological polar surface area (TPSA) is 72.6 Å². The molecule has 0 amide bonds. The van der Waals surface area contributed by atoms with E-state index in [2.05, 4.69) is 15.9 Å². The molecule has 1 aliphatic rings. The predicted molar refractivity (Wildman–Crippen MR) is 90.4 cm³/mol. The summed E-state index contributed by atoms with van der Waals surface area (Å²) in [7, 11) is -2.18. The van der Waals surface area contributed by atoms with Gasteiger partial charge < -0.3 is 10.5 Å². The summed E-state index contributed by atoms with van der Waals surface area (Å²) >= 11 is 5.08. The zero-order valence-electron chi connectivity index (χ0n) is 12.2. The van der Waals surface area contributed by atoms with Crippen LogP contribution in [0.2, 0.25) is 0 Å². The van der Waals surface area contributed by atoms with Crippen LogP contribution < -0.4 is 10.5 Å². The van der Waals surface area contributed by atoms with Gasteiger partial charge in [0.1, 0.15) is 10.6 Å². The fourth-order valence-electron chi connectivity index (χ4n) is 2.28. The number of nitrogen functional groups attached to an aromatic ring is 1. The van der Waals surface area contributed by atoms with Crippen LogP contribution >= 0.6 is 27.7 Å². The molecule has 2 N–H and O–H groups in total. The summed E-state index contributed by atoms with van der Waals surface area (Å²) in [5, 5.41) is 0.257. The second kappa shape index (κ2) is 6.36. The number of hydrogen-bond acceptors (Lipinski definition) is 5. The summed E-state index contributed by atoms with van der Waals surface area (Å²) in [6.45, 7) is 4.48. The summed E-state index contributed by atoms with van der Waals surface area (Å²) in [6.07, 6.45) is 0. The van der Waals surface area contributed by atoms with Gasteiger partial charge in [0.2, 0.25) is 10.0 Å². The number of sulfonamides is 1. The van der Waals surface area contributed by atoms with Crippen LogP contribution in [0, 0.1) is 0 Å². The van der Waals surface area contributed by atoms with Crippen molar-refractivity contribution in [2.24, 2.45) is 0 Å². The van der Waals surface area contributed by atoms with Crippen molar-refractivity contribution in [3.8, 4) is 5.75 Å². The van der Waals surface area contributed by atoms with Gasteiger partial charge in [-0.2, -0.15) is 16.1 Å². The number of nitrogens with two attached hydrogens (primary N) is 1. The van der Waals surface area contributed by atoms with Gasteiger partial charge in [-0.3, -0.25) is 0 Å². The first-order valence-electron chi connectivity index (χ1n) is 6.55. The number of anilines is 1. The maximum Gasteiger partial charge on any atom is 0.247 e. The minimum atomic E-state index is -3.63. The molecule has 0 saturated carbocycles. The van der Waals surface area contributed by atoms with Gasteiger partial charge in [-0.15, -0.1) is 0 Å². The maximum atomic E-state index is 13.0. The van der Waals surface area contributed by atoms with Crippen LogP contribution in [0.5, 0.6) is 5.75 Å². The molecule has 0 bridgehead atoms. The number of thioether (sulfide) groups is 1. The highest BCUT2D eigenvalue weighted by Gasteiger charge is 2.36. The van der Waals surface area contributed by atoms with Gasteiger partial charge in [-0.05, 0) is 35.0 Å². The van der Waals surface area contributed by atoms with E-state index in [9.17, 15) is 8.42 Å². The van der Waals surface area contributed by atoms with Gasteiger partial charge in [0.15, 0.2) is 0 Å². The Morgan fingerprint density at radius 2 is 2.10 bits per heavy atom. The Kier molecular flexibility index (Phi) is 5.12. The van der Waals surface area contributed by atoms with Crippen LogP contribution in [0.15, 0.2) is 21.5 Å². The lowest BCUT2D eigenvalue weighted by atomic mass is 10.2. The van der Waals surface area contributed by atoms with E-state index in [0.717, 1.165) is 5.75 Å². The van der Waals surface area contributed by atoms with Crippen molar-refractivity contribution in [3.05, 3.63) is 16.6 Å². The van der Waals surface area contributed by atoms with Crippen LogP contribution in [0.1, 0.15) is 13.8 Å². The standard InChI is InChI=1S/C13H19BrN2O3S2/c1-8-9(2)20-5-4-16(8)21(17,18)13-7-11(15)10(14)6-12(13)19-3/h6-9H,4-5,15H2,1-3H3. The van der Waals surface area contributed by atoms with Gasteiger partial charge in [-0.1, -0.05) is 6.92 Å². The number of halogens is 1. The molecule has 2 unspecified atom stereocenters. The van der Waals surface area contributed by atoms with E-state index >= 15 is 0 Å². The number of methoxy groups -OCH3 is 1. The quantitative estimate of drug-likeness (QED) is 0.797. The molecule has 1 aromatic rings. The molecule has 1 aliphatic heterocycles. The number of hydrogen-bond donors (Lipinski definition) is 1. The second-order valence-corrected chi connectivity index (χ2v) is 9.16. The Morgan fingerprint density at radius 3 is 2.71 bits per heavy atom. The highest BCUT2D eigenvalue weighted by Crippen LogP contribution is 2.36. The van der Waals surface area contributed by atoms with Gasteiger partial charge in [0.25, 0.3) is 0 Å². The van der Waals surface area contributed by atoms with Crippen LogP contribution in [-0.2, 0) is 10.0 Å². The number of ether oxygens (including phenoxy) is 1. The molecule has 0 aromatic heterocycles. The van der Waals surface area contributed by atoms with Gasteiger partial charge >= 0.3 is 0 Å². The average Bonchev–Trinajstić information content (AvgIpc) is 2.44. The molecule has 5 nitrogen and oxygen atoms in total. The Balaban J connectivity index is 2.51. The third kappa shape index (κ3) is 3.18. The molecule has 1 aromatic carbocycles. The van der Waals surface area contributed by atoms with E-state index in [4.69, 9.17) is 10.5 Å². The molecule has 1 saturated heterocycles. The van der Waals surface area contributed by atoms with Crippen molar-refractivity contribution in [2.45, 2.75) is 30.0 Å². The summed E-state index contributed by atoms with van der Waals surface area (Å²) in [5.74, 6) is 1.09. The van der Waals surface area contributed by atoms with Crippen LogP contribution in [-0.4, -0.2) is 43.4 Å². The highest BCUT2D eigenvalue weighted by molar-refractivity contribution is 9.10. The molecular weight excluding hydrogens is 376 g/mol. The second-order valence-electron chi connectivity index (χ2n) is 4.96. The molecule has 1 heterocycles. The molecule has 1 fully saturated rings. The molecular formula is C13H19BrN2O3S2. The molecule has 118 valence electrons. The fourth-order valence-corrected chi connectivity index (χ4v) is 5.77. The Morgan fingerprint density at radius 1 is 1.43 bits per heavy atom. The van der Waals surface area contributed by atoms with Crippen molar-refractivity contribution >= 4 is 43.4 Å². The Labute approximate surface area is 138 Å². The van der Waals surface area contributed by atoms with E-state index in [1.54, 1.807) is 22.1 Å². The van der Waals surface area contributed by atoms with Gasteiger partial charge in [0.05, 0.1) is 7.11 Å². The van der Waals surface area contributed by atoms with Crippen LogP contribution in [0.4, 0.5) is 5.69 Å². The third-order valence-corrected chi connectivity index (χ3v) is 7.73. The van der Waals surface area contributed by atoms with Gasteiger partial charge in [0, 0.05) is 33.7 Å². The minimum Gasteiger partial charge on any atom is -0.495 e. The lowest BCUT2D eigenvalue weighted by Gasteiger charge is -2.36. The first-order chi connectivity index (χ1) is 9.78. The largest absolute Gasteiger partial charge is 0.495 e. The molecule has 2 rings (SSSR count). The lowest BCUT2D eigenvalue weighted by molar-refractivity contribution is 0.336. The van der Waals surface area contributed by atoms with Crippen molar-refractivity contribution in [3.63, 3.8) is 0 Å².